The Labute approximate surface area is 183 Å². The number of methoxy groups -OCH3 is 1. The van der Waals surface area contributed by atoms with Crippen molar-refractivity contribution < 1.29 is 18.7 Å². The van der Waals surface area contributed by atoms with Gasteiger partial charge in [0.25, 0.3) is 0 Å². The van der Waals surface area contributed by atoms with Crippen molar-refractivity contribution >= 4 is 29.0 Å². The van der Waals surface area contributed by atoms with Crippen molar-refractivity contribution in [3.8, 4) is 0 Å². The number of ether oxygens (including phenoxy) is 1. The summed E-state index contributed by atoms with van der Waals surface area (Å²) in [5.41, 5.74) is 2.46. The topological polar surface area (TPSA) is 76.5 Å². The van der Waals surface area contributed by atoms with Crippen molar-refractivity contribution in [2.75, 3.05) is 25.5 Å². The highest BCUT2D eigenvalue weighted by Crippen LogP contribution is 2.29. The Balaban J connectivity index is 1.45. The summed E-state index contributed by atoms with van der Waals surface area (Å²) in [5.74, 6) is 0.290. The normalized spacial score (nSPS) is 15.8. The van der Waals surface area contributed by atoms with Gasteiger partial charge in [-0.1, -0.05) is 12.1 Å². The van der Waals surface area contributed by atoms with E-state index in [4.69, 9.17) is 4.74 Å². The molecule has 162 valence electrons. The van der Waals surface area contributed by atoms with Gasteiger partial charge in [-0.3, -0.25) is 0 Å². The van der Waals surface area contributed by atoms with Crippen molar-refractivity contribution in [3.63, 3.8) is 0 Å². The Morgan fingerprint density at radius 1 is 1.29 bits per heavy atom. The van der Waals surface area contributed by atoms with Crippen LogP contribution in [0.5, 0.6) is 0 Å². The molecule has 1 aliphatic rings. The Bertz CT molecular complexity index is 1090. The van der Waals surface area contributed by atoms with Gasteiger partial charge in [-0.25, -0.2) is 19.0 Å². The fraction of sp³-hybridized carbons (Fsp3) is 0.318. The highest BCUT2D eigenvalue weighted by Gasteiger charge is 2.31. The number of hydrogen-bond acceptors (Lipinski definition) is 5. The van der Waals surface area contributed by atoms with Crippen LogP contribution in [0.15, 0.2) is 41.9 Å². The van der Waals surface area contributed by atoms with Crippen LogP contribution in [0, 0.1) is 12.7 Å². The van der Waals surface area contributed by atoms with Gasteiger partial charge in [0.05, 0.1) is 12.8 Å². The summed E-state index contributed by atoms with van der Waals surface area (Å²) in [5, 5.41) is 4.56. The Hall–Kier alpha value is -3.20. The van der Waals surface area contributed by atoms with Gasteiger partial charge >= 0.3 is 12.0 Å². The van der Waals surface area contributed by atoms with Crippen molar-refractivity contribution in [1.29, 1.82) is 0 Å². The Morgan fingerprint density at radius 2 is 2.06 bits per heavy atom. The van der Waals surface area contributed by atoms with E-state index in [1.165, 1.54) is 30.6 Å². The fourth-order valence-electron chi connectivity index (χ4n) is 3.79. The standard InChI is InChI=1S/C22H23FN4O3S/c1-14-11-24-20(27(14)12-15-3-5-17(23)6-4-15)16-7-9-26(13-16)22(29)25-18-8-10-31-19(18)21(28)30-2/h3-6,8,10-11,16H,7,9,12-13H2,1-2H3,(H,25,29). The molecule has 1 fully saturated rings. The van der Waals surface area contributed by atoms with Gasteiger partial charge in [-0.05, 0) is 42.5 Å². The number of amides is 2. The van der Waals surface area contributed by atoms with Crippen LogP contribution in [-0.4, -0.2) is 46.7 Å². The smallest absolute Gasteiger partial charge is 0.350 e. The number of nitrogens with zero attached hydrogens (tertiary/aromatic N) is 3. The minimum atomic E-state index is -0.470. The number of likely N-dealkylation sites (tertiary alicyclic amines) is 1. The largest absolute Gasteiger partial charge is 0.465 e. The number of aromatic nitrogens is 2. The number of esters is 1. The molecule has 3 heterocycles. The zero-order chi connectivity index (χ0) is 22.0. The maximum atomic E-state index is 13.2. The van der Waals surface area contributed by atoms with E-state index in [1.54, 1.807) is 28.5 Å². The molecule has 4 rings (SSSR count). The summed E-state index contributed by atoms with van der Waals surface area (Å²) >= 11 is 1.23. The van der Waals surface area contributed by atoms with E-state index in [-0.39, 0.29) is 17.8 Å². The van der Waals surface area contributed by atoms with Gasteiger partial charge in [0.1, 0.15) is 16.5 Å². The number of imidazole rings is 1. The van der Waals surface area contributed by atoms with E-state index in [0.717, 1.165) is 23.5 Å². The third-order valence-electron chi connectivity index (χ3n) is 5.46. The highest BCUT2D eigenvalue weighted by atomic mass is 32.1. The number of thiophene rings is 1. The molecule has 1 unspecified atom stereocenters. The molecule has 2 amide bonds. The monoisotopic (exact) mass is 442 g/mol. The van der Waals surface area contributed by atoms with Gasteiger partial charge < -0.3 is 19.5 Å². The molecule has 0 aliphatic carbocycles. The third-order valence-corrected chi connectivity index (χ3v) is 6.35. The molecule has 0 spiro atoms. The van der Waals surface area contributed by atoms with Crippen LogP contribution >= 0.6 is 11.3 Å². The molecule has 1 aromatic carbocycles. The highest BCUT2D eigenvalue weighted by molar-refractivity contribution is 7.12. The first-order valence-corrected chi connectivity index (χ1v) is 10.8. The van der Waals surface area contributed by atoms with Crippen molar-refractivity contribution in [3.05, 3.63) is 69.7 Å². The van der Waals surface area contributed by atoms with E-state index < -0.39 is 5.97 Å². The van der Waals surface area contributed by atoms with Gasteiger partial charge in [0, 0.05) is 37.4 Å². The molecule has 1 N–H and O–H groups in total. The molecular weight excluding hydrogens is 419 g/mol. The van der Waals surface area contributed by atoms with Crippen molar-refractivity contribution in [2.45, 2.75) is 25.8 Å². The third kappa shape index (κ3) is 4.46. The van der Waals surface area contributed by atoms with Crippen LogP contribution in [0.4, 0.5) is 14.9 Å². The fourth-order valence-corrected chi connectivity index (χ4v) is 4.56. The summed E-state index contributed by atoms with van der Waals surface area (Å²) in [6, 6.07) is 7.89. The van der Waals surface area contributed by atoms with E-state index in [2.05, 4.69) is 14.9 Å². The number of benzene rings is 1. The average Bonchev–Trinajstić information content (AvgIpc) is 3.50. The lowest BCUT2D eigenvalue weighted by molar-refractivity contribution is 0.0607. The molecule has 31 heavy (non-hydrogen) atoms. The molecule has 1 aliphatic heterocycles. The molecule has 2 aromatic heterocycles. The molecule has 9 heteroatoms. The minimum Gasteiger partial charge on any atom is -0.465 e. The summed E-state index contributed by atoms with van der Waals surface area (Å²) in [7, 11) is 1.31. The summed E-state index contributed by atoms with van der Waals surface area (Å²) in [4.78, 5) is 31.3. The average molecular weight is 443 g/mol. The quantitative estimate of drug-likeness (QED) is 0.600. The Kier molecular flexibility index (Phi) is 6.03. The van der Waals surface area contributed by atoms with Crippen LogP contribution in [0.3, 0.4) is 0 Å². The number of urea groups is 1. The van der Waals surface area contributed by atoms with E-state index >= 15 is 0 Å². The predicted octanol–water partition coefficient (Wildman–Crippen LogP) is 4.25. The number of carbonyl (C=O) groups excluding carboxylic acids is 2. The maximum Gasteiger partial charge on any atom is 0.350 e. The number of carbonyl (C=O) groups is 2. The van der Waals surface area contributed by atoms with Crippen LogP contribution < -0.4 is 5.32 Å². The van der Waals surface area contributed by atoms with Gasteiger partial charge in [-0.2, -0.15) is 0 Å². The van der Waals surface area contributed by atoms with E-state index in [1.807, 2.05) is 13.1 Å². The number of aryl methyl sites for hydroxylation is 1. The molecule has 0 bridgehead atoms. The van der Waals surface area contributed by atoms with Crippen molar-refractivity contribution in [1.82, 2.24) is 14.5 Å². The first kappa shape index (κ1) is 21.0. The van der Waals surface area contributed by atoms with Crippen LogP contribution in [-0.2, 0) is 11.3 Å². The zero-order valence-corrected chi connectivity index (χ0v) is 18.1. The van der Waals surface area contributed by atoms with Crippen LogP contribution in [0.25, 0.3) is 0 Å². The predicted molar refractivity (Wildman–Crippen MR) is 116 cm³/mol. The van der Waals surface area contributed by atoms with Gasteiger partial charge in [-0.15, -0.1) is 11.3 Å². The molecule has 3 aromatic rings. The lowest BCUT2D eigenvalue weighted by Gasteiger charge is -2.18. The van der Waals surface area contributed by atoms with Gasteiger partial charge in [0.15, 0.2) is 0 Å². The molecule has 1 saturated heterocycles. The Morgan fingerprint density at radius 3 is 2.81 bits per heavy atom. The van der Waals surface area contributed by atoms with Gasteiger partial charge in [0.2, 0.25) is 0 Å². The first-order chi connectivity index (χ1) is 15.0. The second-order valence-electron chi connectivity index (χ2n) is 7.49. The van der Waals surface area contributed by atoms with Crippen molar-refractivity contribution in [2.24, 2.45) is 0 Å². The number of hydrogen-bond donors (Lipinski definition) is 1. The van der Waals surface area contributed by atoms with Crippen LogP contribution in [0.1, 0.15) is 39.1 Å². The maximum absolute atomic E-state index is 13.2. The summed E-state index contributed by atoms with van der Waals surface area (Å²) in [6.45, 7) is 3.71. The zero-order valence-electron chi connectivity index (χ0n) is 17.3. The van der Waals surface area contributed by atoms with Crippen LogP contribution in [0.2, 0.25) is 0 Å². The van der Waals surface area contributed by atoms with E-state index in [9.17, 15) is 14.0 Å². The molecule has 0 saturated carbocycles. The minimum absolute atomic E-state index is 0.0995. The lowest BCUT2D eigenvalue weighted by Crippen LogP contribution is -2.33. The van der Waals surface area contributed by atoms with E-state index in [0.29, 0.717) is 30.2 Å². The molecule has 1 atom stereocenters. The second-order valence-corrected chi connectivity index (χ2v) is 8.40. The number of rotatable bonds is 5. The number of halogens is 1. The molecule has 7 nitrogen and oxygen atoms in total. The second kappa shape index (κ2) is 8.89. The number of anilines is 1. The molecular formula is C22H23FN4O3S. The molecule has 0 radical (unpaired) electrons. The number of nitrogens with one attached hydrogen (secondary N) is 1. The summed E-state index contributed by atoms with van der Waals surface area (Å²) < 4.78 is 20.1. The summed E-state index contributed by atoms with van der Waals surface area (Å²) in [6.07, 6.45) is 2.62. The lowest BCUT2D eigenvalue weighted by atomic mass is 10.1. The first-order valence-electron chi connectivity index (χ1n) is 9.94. The SMILES string of the molecule is COC(=O)c1sccc1NC(=O)N1CCC(c2ncc(C)n2Cc2ccc(F)cc2)C1.